The van der Waals surface area contributed by atoms with Crippen LogP contribution in [0.15, 0.2) is 24.5 Å². The van der Waals surface area contributed by atoms with Crippen LogP contribution in [0.2, 0.25) is 0 Å². The van der Waals surface area contributed by atoms with Crippen molar-refractivity contribution in [2.45, 2.75) is 19.9 Å². The predicted molar refractivity (Wildman–Crippen MR) is 66.6 cm³/mol. The number of hydrogen-bond donors (Lipinski definition) is 1. The van der Waals surface area contributed by atoms with Crippen molar-refractivity contribution in [2.24, 2.45) is 5.73 Å². The maximum absolute atomic E-state index is 5.48. The Hall–Kier alpha value is -1.00. The normalized spacial score (nSPS) is 10.5. The van der Waals surface area contributed by atoms with Gasteiger partial charge in [-0.25, -0.2) is 0 Å². The van der Waals surface area contributed by atoms with E-state index in [-0.39, 0.29) is 0 Å². The smallest absolute Gasteiger partial charge is 0.0740 e. The zero-order valence-corrected chi connectivity index (χ0v) is 9.83. The van der Waals surface area contributed by atoms with E-state index in [1.54, 1.807) is 0 Å². The van der Waals surface area contributed by atoms with Crippen LogP contribution in [-0.2, 0) is 6.54 Å². The van der Waals surface area contributed by atoms with Crippen molar-refractivity contribution in [1.82, 2.24) is 9.88 Å². The van der Waals surface area contributed by atoms with Gasteiger partial charge in [-0.05, 0) is 24.2 Å². The summed E-state index contributed by atoms with van der Waals surface area (Å²) in [6, 6.07) is 4.06. The van der Waals surface area contributed by atoms with Gasteiger partial charge in [-0.2, -0.15) is 0 Å². The Bertz CT molecular complexity index is 300. The molecule has 0 bridgehead atoms. The van der Waals surface area contributed by atoms with Crippen LogP contribution in [0.5, 0.6) is 0 Å². The number of pyridine rings is 1. The number of rotatable bonds is 6. The molecule has 0 saturated heterocycles. The van der Waals surface area contributed by atoms with Gasteiger partial charge in [-0.15, -0.1) is 0 Å². The maximum atomic E-state index is 5.48. The first kappa shape index (κ1) is 12.1. The third-order valence-corrected chi connectivity index (χ3v) is 2.48. The lowest BCUT2D eigenvalue weighted by Crippen LogP contribution is -2.27. The molecular weight excluding hydrogens is 206 g/mol. The summed E-state index contributed by atoms with van der Waals surface area (Å²) in [5.74, 6) is 0. The number of thiocarbonyl (C=S) groups is 1. The second kappa shape index (κ2) is 6.48. The van der Waals surface area contributed by atoms with Crippen LogP contribution in [0.4, 0.5) is 0 Å². The Balaban J connectivity index is 2.43. The lowest BCUT2D eigenvalue weighted by Gasteiger charge is -2.19. The van der Waals surface area contributed by atoms with Gasteiger partial charge in [0.05, 0.1) is 4.99 Å². The van der Waals surface area contributed by atoms with Crippen molar-refractivity contribution in [3.05, 3.63) is 30.1 Å². The topological polar surface area (TPSA) is 42.1 Å². The number of hydrogen-bond acceptors (Lipinski definition) is 3. The average molecular weight is 223 g/mol. The van der Waals surface area contributed by atoms with Crippen LogP contribution in [0.1, 0.15) is 18.9 Å². The quantitative estimate of drug-likeness (QED) is 0.744. The summed E-state index contributed by atoms with van der Waals surface area (Å²) in [5, 5.41) is 0. The minimum Gasteiger partial charge on any atom is -0.393 e. The first-order valence-corrected chi connectivity index (χ1v) is 5.52. The fourth-order valence-electron chi connectivity index (χ4n) is 1.36. The molecule has 1 rings (SSSR count). The van der Waals surface area contributed by atoms with Crippen molar-refractivity contribution in [3.63, 3.8) is 0 Å². The van der Waals surface area contributed by atoms with Gasteiger partial charge < -0.3 is 5.73 Å². The van der Waals surface area contributed by atoms with Crippen LogP contribution < -0.4 is 5.73 Å². The van der Waals surface area contributed by atoms with Gasteiger partial charge in [-0.1, -0.05) is 19.1 Å². The third kappa shape index (κ3) is 4.85. The monoisotopic (exact) mass is 223 g/mol. The molecule has 1 aromatic heterocycles. The van der Waals surface area contributed by atoms with Gasteiger partial charge >= 0.3 is 0 Å². The second-order valence-electron chi connectivity index (χ2n) is 3.44. The van der Waals surface area contributed by atoms with Crippen LogP contribution >= 0.6 is 12.2 Å². The highest BCUT2D eigenvalue weighted by Gasteiger charge is 2.03. The summed E-state index contributed by atoms with van der Waals surface area (Å²) in [6.07, 6.45) is 4.42. The highest BCUT2D eigenvalue weighted by atomic mass is 32.1. The van der Waals surface area contributed by atoms with Crippen molar-refractivity contribution in [1.29, 1.82) is 0 Å². The zero-order valence-electron chi connectivity index (χ0n) is 9.02. The summed E-state index contributed by atoms with van der Waals surface area (Å²) in [6.45, 7) is 5.00. The van der Waals surface area contributed by atoms with E-state index in [1.165, 1.54) is 5.56 Å². The van der Waals surface area contributed by atoms with Crippen molar-refractivity contribution >= 4 is 17.2 Å². The lowest BCUT2D eigenvalue weighted by atomic mass is 10.2. The minimum absolute atomic E-state index is 0.586. The number of aromatic nitrogens is 1. The van der Waals surface area contributed by atoms with Gasteiger partial charge in [0.1, 0.15) is 0 Å². The highest BCUT2D eigenvalue weighted by molar-refractivity contribution is 7.80. The molecule has 0 aliphatic carbocycles. The molecule has 1 aromatic rings. The molecule has 0 saturated carbocycles. The van der Waals surface area contributed by atoms with E-state index >= 15 is 0 Å². The van der Waals surface area contributed by atoms with Crippen molar-refractivity contribution in [2.75, 3.05) is 13.1 Å². The summed E-state index contributed by atoms with van der Waals surface area (Å²) < 4.78 is 0. The van der Waals surface area contributed by atoms with E-state index in [2.05, 4.69) is 16.8 Å². The largest absolute Gasteiger partial charge is 0.393 e. The molecule has 3 nitrogen and oxygen atoms in total. The van der Waals surface area contributed by atoms with E-state index in [4.69, 9.17) is 18.0 Å². The Morgan fingerprint density at radius 2 is 2.13 bits per heavy atom. The number of nitrogens with zero attached hydrogens (tertiary/aromatic N) is 2. The van der Waals surface area contributed by atoms with Crippen molar-refractivity contribution < 1.29 is 0 Å². The molecule has 82 valence electrons. The first-order valence-electron chi connectivity index (χ1n) is 5.12. The van der Waals surface area contributed by atoms with Gasteiger partial charge in [-0.3, -0.25) is 9.88 Å². The van der Waals surface area contributed by atoms with E-state index in [0.717, 1.165) is 26.1 Å². The van der Waals surface area contributed by atoms with Crippen molar-refractivity contribution in [3.8, 4) is 0 Å². The van der Waals surface area contributed by atoms with E-state index in [9.17, 15) is 0 Å². The zero-order chi connectivity index (χ0) is 11.1. The van der Waals surface area contributed by atoms with Crippen LogP contribution in [0.25, 0.3) is 0 Å². The van der Waals surface area contributed by atoms with E-state index in [0.29, 0.717) is 4.99 Å². The van der Waals surface area contributed by atoms with E-state index < -0.39 is 0 Å². The summed E-state index contributed by atoms with van der Waals surface area (Å²) in [5.41, 5.74) is 6.76. The molecule has 0 fully saturated rings. The molecule has 0 radical (unpaired) electrons. The number of nitrogens with two attached hydrogens (primary N) is 1. The minimum atomic E-state index is 0.586. The average Bonchev–Trinajstić information content (AvgIpc) is 2.25. The molecule has 2 N–H and O–H groups in total. The molecule has 15 heavy (non-hydrogen) atoms. The Morgan fingerprint density at radius 3 is 2.67 bits per heavy atom. The molecule has 0 atom stereocenters. The molecule has 0 aliphatic heterocycles. The fourth-order valence-corrected chi connectivity index (χ4v) is 1.45. The van der Waals surface area contributed by atoms with Gasteiger partial charge in [0, 0.05) is 31.9 Å². The fraction of sp³-hybridized carbons (Fsp3) is 0.455. The highest BCUT2D eigenvalue weighted by Crippen LogP contribution is 2.03. The molecular formula is C11H17N3S. The molecule has 4 heteroatoms. The maximum Gasteiger partial charge on any atom is 0.0740 e. The first-order chi connectivity index (χ1) is 7.22. The van der Waals surface area contributed by atoms with Crippen LogP contribution in [0, 0.1) is 0 Å². The predicted octanol–water partition coefficient (Wildman–Crippen LogP) is 1.58. The Kier molecular flexibility index (Phi) is 5.21. The lowest BCUT2D eigenvalue weighted by molar-refractivity contribution is 0.288. The summed E-state index contributed by atoms with van der Waals surface area (Å²) >= 11 is 4.87. The molecule has 0 aliphatic rings. The molecule has 1 heterocycles. The van der Waals surface area contributed by atoms with Crippen LogP contribution in [0.3, 0.4) is 0 Å². The van der Waals surface area contributed by atoms with E-state index in [1.807, 2.05) is 24.5 Å². The molecule has 0 amide bonds. The standard InChI is InChI=1S/C11H17N3S/c1-2-14(8-5-11(12)15)9-10-3-6-13-7-4-10/h3-4,6-7H,2,5,8-9H2,1H3,(H2,12,15). The summed E-state index contributed by atoms with van der Waals surface area (Å²) in [4.78, 5) is 6.89. The van der Waals surface area contributed by atoms with Gasteiger partial charge in [0.25, 0.3) is 0 Å². The Morgan fingerprint density at radius 1 is 1.47 bits per heavy atom. The molecule has 0 unspecified atom stereocenters. The SMILES string of the molecule is CCN(CCC(N)=S)Cc1ccncc1. The second-order valence-corrected chi connectivity index (χ2v) is 3.96. The van der Waals surface area contributed by atoms with Gasteiger partial charge in [0.15, 0.2) is 0 Å². The van der Waals surface area contributed by atoms with Gasteiger partial charge in [0.2, 0.25) is 0 Å². The summed E-state index contributed by atoms with van der Waals surface area (Å²) in [7, 11) is 0. The Labute approximate surface area is 96.3 Å². The van der Waals surface area contributed by atoms with Crippen LogP contribution in [-0.4, -0.2) is 28.0 Å². The molecule has 0 spiro atoms. The molecule has 0 aromatic carbocycles. The third-order valence-electron chi connectivity index (χ3n) is 2.28.